The van der Waals surface area contributed by atoms with Crippen molar-refractivity contribution in [2.75, 3.05) is 11.9 Å². The van der Waals surface area contributed by atoms with Gasteiger partial charge in [0, 0.05) is 24.3 Å². The van der Waals surface area contributed by atoms with Gasteiger partial charge in [0.25, 0.3) is 5.91 Å². The van der Waals surface area contributed by atoms with Crippen molar-refractivity contribution in [3.63, 3.8) is 0 Å². The van der Waals surface area contributed by atoms with Gasteiger partial charge in [0.15, 0.2) is 0 Å². The Hall–Kier alpha value is -1.49. The number of nitrogens with zero attached hydrogens (tertiary/aromatic N) is 2. The first kappa shape index (κ1) is 14.9. The normalized spacial score (nSPS) is 10.7. The van der Waals surface area contributed by atoms with E-state index in [9.17, 15) is 4.79 Å². The average molecular weight is 336 g/mol. The molecule has 1 aromatic heterocycles. The van der Waals surface area contributed by atoms with Gasteiger partial charge in [-0.3, -0.25) is 14.8 Å². The third-order valence-corrected chi connectivity index (χ3v) is 3.65. The molecule has 0 fully saturated rings. The summed E-state index contributed by atoms with van der Waals surface area (Å²) in [6.07, 6.45) is 7.78. The van der Waals surface area contributed by atoms with Crippen LogP contribution >= 0.6 is 15.9 Å². The zero-order chi connectivity index (χ0) is 14.2. The Morgan fingerprint density at radius 2 is 1.90 bits per heavy atom. The maximum atomic E-state index is 12.2. The predicted molar refractivity (Wildman–Crippen MR) is 84.1 cm³/mol. The third kappa shape index (κ3) is 4.00. The number of aromatic nitrogens is 2. The summed E-state index contributed by atoms with van der Waals surface area (Å²) in [6.45, 7) is 0.706. The predicted octanol–water partition coefficient (Wildman–Crippen LogP) is 3.31. The first-order valence-electron chi connectivity index (χ1n) is 6.87. The summed E-state index contributed by atoms with van der Waals surface area (Å²) in [6, 6.07) is 5.48. The lowest BCUT2D eigenvalue weighted by Gasteiger charge is -2.07. The van der Waals surface area contributed by atoms with Crippen molar-refractivity contribution in [2.24, 2.45) is 0 Å². The number of carbonyl (C=O) groups is 1. The molecule has 1 amide bonds. The minimum Gasteiger partial charge on any atom is -0.352 e. The van der Waals surface area contributed by atoms with E-state index in [4.69, 9.17) is 0 Å². The number of hydrogen-bond acceptors (Lipinski definition) is 3. The van der Waals surface area contributed by atoms with Crippen molar-refractivity contribution >= 4 is 32.9 Å². The van der Waals surface area contributed by atoms with E-state index in [0.717, 1.165) is 23.7 Å². The minimum atomic E-state index is -0.0726. The van der Waals surface area contributed by atoms with E-state index < -0.39 is 0 Å². The Bertz CT molecular complexity index is 569. The average Bonchev–Trinajstić information content (AvgIpc) is 2.50. The molecule has 106 valence electrons. The molecule has 0 atom stereocenters. The highest BCUT2D eigenvalue weighted by Gasteiger charge is 2.10. The lowest BCUT2D eigenvalue weighted by molar-refractivity contribution is 0.0954. The fourth-order valence-corrected chi connectivity index (χ4v) is 2.44. The number of benzene rings is 1. The Morgan fingerprint density at radius 1 is 1.10 bits per heavy atom. The Labute approximate surface area is 127 Å². The molecule has 0 spiro atoms. The van der Waals surface area contributed by atoms with Crippen molar-refractivity contribution < 1.29 is 4.79 Å². The molecule has 0 bridgehead atoms. The van der Waals surface area contributed by atoms with E-state index in [1.807, 2.05) is 12.1 Å². The molecule has 1 N–H and O–H groups in total. The second kappa shape index (κ2) is 7.94. The fraction of sp³-hybridized carbons (Fsp3) is 0.400. The Balaban J connectivity index is 1.91. The first-order chi connectivity index (χ1) is 9.83. The molecule has 4 nitrogen and oxygen atoms in total. The first-order valence-corrected chi connectivity index (χ1v) is 7.99. The molecule has 2 aromatic rings. The molecule has 1 aromatic carbocycles. The number of rotatable bonds is 7. The fourth-order valence-electron chi connectivity index (χ4n) is 2.05. The van der Waals surface area contributed by atoms with Gasteiger partial charge in [-0.25, -0.2) is 0 Å². The standard InChI is InChI=1S/C15H18BrN3O/c16-8-3-1-2-4-9-19-15(20)12-6-5-7-13-14(12)18-11-10-17-13/h5-7,10-11H,1-4,8-9H2,(H,19,20). The van der Waals surface area contributed by atoms with Gasteiger partial charge in [0.1, 0.15) is 5.52 Å². The number of carbonyl (C=O) groups excluding carboxylic acids is 1. The van der Waals surface area contributed by atoms with Crippen LogP contribution in [0, 0.1) is 0 Å². The zero-order valence-corrected chi connectivity index (χ0v) is 12.9. The molecular weight excluding hydrogens is 318 g/mol. The van der Waals surface area contributed by atoms with Crippen LogP contribution in [0.2, 0.25) is 0 Å². The van der Waals surface area contributed by atoms with Crippen molar-refractivity contribution in [1.82, 2.24) is 15.3 Å². The summed E-state index contributed by atoms with van der Waals surface area (Å²) in [5.41, 5.74) is 2.00. The summed E-state index contributed by atoms with van der Waals surface area (Å²) in [5, 5.41) is 4.00. The highest BCUT2D eigenvalue weighted by Crippen LogP contribution is 2.13. The van der Waals surface area contributed by atoms with Crippen molar-refractivity contribution in [2.45, 2.75) is 25.7 Å². The van der Waals surface area contributed by atoms with Crippen LogP contribution in [-0.4, -0.2) is 27.7 Å². The van der Waals surface area contributed by atoms with Gasteiger partial charge < -0.3 is 5.32 Å². The quantitative estimate of drug-likeness (QED) is 0.623. The highest BCUT2D eigenvalue weighted by atomic mass is 79.9. The van der Waals surface area contributed by atoms with Gasteiger partial charge >= 0.3 is 0 Å². The third-order valence-electron chi connectivity index (χ3n) is 3.09. The van der Waals surface area contributed by atoms with E-state index in [1.165, 1.54) is 12.8 Å². The number of amides is 1. The van der Waals surface area contributed by atoms with E-state index in [1.54, 1.807) is 18.5 Å². The molecular formula is C15H18BrN3O. The maximum absolute atomic E-state index is 12.2. The van der Waals surface area contributed by atoms with Crippen LogP contribution in [0.1, 0.15) is 36.0 Å². The molecule has 0 aliphatic carbocycles. The number of nitrogens with one attached hydrogen (secondary N) is 1. The molecule has 0 saturated heterocycles. The summed E-state index contributed by atoms with van der Waals surface area (Å²) < 4.78 is 0. The second-order valence-corrected chi connectivity index (χ2v) is 5.38. The molecule has 0 aliphatic heterocycles. The Kier molecular flexibility index (Phi) is 5.92. The van der Waals surface area contributed by atoms with Gasteiger partial charge in [-0.1, -0.05) is 34.8 Å². The van der Waals surface area contributed by atoms with E-state index in [0.29, 0.717) is 17.6 Å². The second-order valence-electron chi connectivity index (χ2n) is 4.59. The largest absolute Gasteiger partial charge is 0.352 e. The highest BCUT2D eigenvalue weighted by molar-refractivity contribution is 9.09. The van der Waals surface area contributed by atoms with Crippen LogP contribution < -0.4 is 5.32 Å². The van der Waals surface area contributed by atoms with E-state index >= 15 is 0 Å². The molecule has 0 aliphatic rings. The number of hydrogen-bond donors (Lipinski definition) is 1. The summed E-state index contributed by atoms with van der Waals surface area (Å²) in [4.78, 5) is 20.6. The minimum absolute atomic E-state index is 0.0726. The lowest BCUT2D eigenvalue weighted by atomic mass is 10.1. The van der Waals surface area contributed by atoms with Crippen molar-refractivity contribution in [3.05, 3.63) is 36.2 Å². The smallest absolute Gasteiger partial charge is 0.253 e. The van der Waals surface area contributed by atoms with Crippen molar-refractivity contribution in [1.29, 1.82) is 0 Å². The van der Waals surface area contributed by atoms with Crippen LogP contribution in [0.15, 0.2) is 30.6 Å². The number of halogens is 1. The van der Waals surface area contributed by atoms with Crippen LogP contribution in [0.5, 0.6) is 0 Å². The number of fused-ring (bicyclic) bond motifs is 1. The van der Waals surface area contributed by atoms with Crippen LogP contribution in [0.25, 0.3) is 11.0 Å². The maximum Gasteiger partial charge on any atom is 0.253 e. The van der Waals surface area contributed by atoms with Gasteiger partial charge in [-0.2, -0.15) is 0 Å². The van der Waals surface area contributed by atoms with E-state index in [2.05, 4.69) is 31.2 Å². The summed E-state index contributed by atoms with van der Waals surface area (Å²) in [5.74, 6) is -0.0726. The summed E-state index contributed by atoms with van der Waals surface area (Å²) in [7, 11) is 0. The number of alkyl halides is 1. The monoisotopic (exact) mass is 335 g/mol. The van der Waals surface area contributed by atoms with Gasteiger partial charge in [0.2, 0.25) is 0 Å². The number of unbranched alkanes of at least 4 members (excludes halogenated alkanes) is 3. The number of para-hydroxylation sites is 1. The molecule has 5 heteroatoms. The van der Waals surface area contributed by atoms with Gasteiger partial charge in [-0.05, 0) is 25.0 Å². The Morgan fingerprint density at radius 3 is 2.75 bits per heavy atom. The SMILES string of the molecule is O=C(NCCCCCCBr)c1cccc2nccnc12. The molecule has 0 radical (unpaired) electrons. The van der Waals surface area contributed by atoms with Crippen LogP contribution in [0.4, 0.5) is 0 Å². The lowest BCUT2D eigenvalue weighted by Crippen LogP contribution is -2.24. The molecule has 0 unspecified atom stereocenters. The molecule has 2 rings (SSSR count). The van der Waals surface area contributed by atoms with Crippen LogP contribution in [0.3, 0.4) is 0 Å². The topological polar surface area (TPSA) is 54.9 Å². The van der Waals surface area contributed by atoms with E-state index in [-0.39, 0.29) is 5.91 Å². The summed E-state index contributed by atoms with van der Waals surface area (Å²) >= 11 is 3.41. The van der Waals surface area contributed by atoms with Crippen molar-refractivity contribution in [3.8, 4) is 0 Å². The van der Waals surface area contributed by atoms with Gasteiger partial charge in [-0.15, -0.1) is 0 Å². The molecule has 0 saturated carbocycles. The van der Waals surface area contributed by atoms with Crippen LogP contribution in [-0.2, 0) is 0 Å². The van der Waals surface area contributed by atoms with Gasteiger partial charge in [0.05, 0.1) is 11.1 Å². The molecule has 20 heavy (non-hydrogen) atoms. The molecule has 1 heterocycles. The zero-order valence-electron chi connectivity index (χ0n) is 11.3.